The molecule has 0 aliphatic heterocycles. The Bertz CT molecular complexity index is 320. The molecule has 0 aliphatic carbocycles. The van der Waals surface area contributed by atoms with Gasteiger partial charge < -0.3 is 9.84 Å². The van der Waals surface area contributed by atoms with Crippen LogP contribution in [0.1, 0.15) is 12.5 Å². The zero-order valence-corrected chi connectivity index (χ0v) is 8.36. The topological polar surface area (TPSA) is 46.5 Å². The van der Waals surface area contributed by atoms with Gasteiger partial charge in [-0.2, -0.15) is 0 Å². The number of carbonyl (C=O) groups is 1. The van der Waals surface area contributed by atoms with Gasteiger partial charge in [-0.05, 0) is 24.1 Å². The lowest BCUT2D eigenvalue weighted by molar-refractivity contribution is -0.144. The van der Waals surface area contributed by atoms with Gasteiger partial charge in [0, 0.05) is 0 Å². The molecule has 3 nitrogen and oxygen atoms in total. The number of hydrogen-bond acceptors (Lipinski definition) is 3. The van der Waals surface area contributed by atoms with E-state index in [0.29, 0.717) is 6.42 Å². The first-order valence-corrected chi connectivity index (χ1v) is 4.49. The first-order chi connectivity index (χ1) is 6.63. The van der Waals surface area contributed by atoms with Gasteiger partial charge in [-0.15, -0.1) is 0 Å². The van der Waals surface area contributed by atoms with Crippen molar-refractivity contribution in [3.8, 4) is 5.75 Å². The van der Waals surface area contributed by atoms with Gasteiger partial charge in [0.2, 0.25) is 0 Å². The summed E-state index contributed by atoms with van der Waals surface area (Å²) < 4.78 is 4.61. The molecule has 76 valence electrons. The summed E-state index contributed by atoms with van der Waals surface area (Å²) in [5.41, 5.74) is 0.933. The minimum Gasteiger partial charge on any atom is -0.508 e. The number of esters is 1. The number of phenolic OH excluding ortho intramolecular Hbond substituents is 1. The van der Waals surface area contributed by atoms with E-state index in [9.17, 15) is 9.90 Å². The van der Waals surface area contributed by atoms with Crippen LogP contribution in [-0.2, 0) is 16.0 Å². The molecule has 1 unspecified atom stereocenters. The SMILES string of the molecule is COC(=O)C(C)Cc1cccc(O)c1. The Labute approximate surface area is 83.3 Å². The van der Waals surface area contributed by atoms with Gasteiger partial charge in [0.05, 0.1) is 13.0 Å². The normalized spacial score (nSPS) is 12.1. The molecule has 0 amide bonds. The molecule has 1 aromatic carbocycles. The molecule has 1 aromatic rings. The summed E-state index contributed by atoms with van der Waals surface area (Å²) in [6, 6.07) is 6.89. The molecule has 0 saturated heterocycles. The third-order valence-corrected chi connectivity index (χ3v) is 2.06. The molecule has 0 saturated carbocycles. The quantitative estimate of drug-likeness (QED) is 0.745. The summed E-state index contributed by atoms with van der Waals surface area (Å²) in [7, 11) is 1.38. The lowest BCUT2D eigenvalue weighted by Crippen LogP contribution is -2.14. The van der Waals surface area contributed by atoms with Crippen LogP contribution in [0.3, 0.4) is 0 Å². The van der Waals surface area contributed by atoms with Crippen molar-refractivity contribution in [2.75, 3.05) is 7.11 Å². The predicted molar refractivity (Wildman–Crippen MR) is 53.0 cm³/mol. The van der Waals surface area contributed by atoms with Crippen LogP contribution in [0, 0.1) is 5.92 Å². The Hall–Kier alpha value is -1.51. The van der Waals surface area contributed by atoms with Gasteiger partial charge in [-0.1, -0.05) is 19.1 Å². The monoisotopic (exact) mass is 194 g/mol. The van der Waals surface area contributed by atoms with Gasteiger partial charge in [0.25, 0.3) is 0 Å². The van der Waals surface area contributed by atoms with Crippen LogP contribution < -0.4 is 0 Å². The molecule has 0 bridgehead atoms. The van der Waals surface area contributed by atoms with Gasteiger partial charge in [-0.3, -0.25) is 4.79 Å². The second kappa shape index (κ2) is 4.65. The van der Waals surface area contributed by atoms with Crippen molar-refractivity contribution >= 4 is 5.97 Å². The van der Waals surface area contributed by atoms with E-state index in [4.69, 9.17) is 0 Å². The maximum absolute atomic E-state index is 11.1. The number of carbonyl (C=O) groups excluding carboxylic acids is 1. The molecule has 0 aliphatic rings. The van der Waals surface area contributed by atoms with Crippen LogP contribution in [0.2, 0.25) is 0 Å². The van der Waals surface area contributed by atoms with Gasteiger partial charge >= 0.3 is 5.97 Å². The Balaban J connectivity index is 2.64. The molecular weight excluding hydrogens is 180 g/mol. The van der Waals surface area contributed by atoms with Crippen molar-refractivity contribution in [2.45, 2.75) is 13.3 Å². The zero-order valence-electron chi connectivity index (χ0n) is 8.36. The van der Waals surface area contributed by atoms with Crippen molar-refractivity contribution in [1.29, 1.82) is 0 Å². The number of hydrogen-bond donors (Lipinski definition) is 1. The van der Waals surface area contributed by atoms with E-state index in [0.717, 1.165) is 5.56 Å². The van der Waals surface area contributed by atoms with E-state index >= 15 is 0 Å². The smallest absolute Gasteiger partial charge is 0.308 e. The molecule has 0 aromatic heterocycles. The van der Waals surface area contributed by atoms with Gasteiger partial charge in [0.15, 0.2) is 0 Å². The largest absolute Gasteiger partial charge is 0.508 e. The Morgan fingerprint density at radius 2 is 2.29 bits per heavy atom. The summed E-state index contributed by atoms with van der Waals surface area (Å²) in [5, 5.41) is 9.21. The van der Waals surface area contributed by atoms with Crippen LogP contribution in [0.4, 0.5) is 0 Å². The van der Waals surface area contributed by atoms with E-state index < -0.39 is 0 Å². The number of ether oxygens (including phenoxy) is 1. The Morgan fingerprint density at radius 1 is 1.57 bits per heavy atom. The lowest BCUT2D eigenvalue weighted by Gasteiger charge is -2.08. The molecule has 1 rings (SSSR count). The van der Waals surface area contributed by atoms with E-state index in [2.05, 4.69) is 4.74 Å². The highest BCUT2D eigenvalue weighted by molar-refractivity contribution is 5.72. The fourth-order valence-corrected chi connectivity index (χ4v) is 1.32. The Kier molecular flexibility index (Phi) is 3.51. The zero-order chi connectivity index (χ0) is 10.6. The van der Waals surface area contributed by atoms with Crippen LogP contribution >= 0.6 is 0 Å². The molecule has 14 heavy (non-hydrogen) atoms. The standard InChI is InChI=1S/C11H14O3/c1-8(11(13)14-2)6-9-4-3-5-10(12)7-9/h3-5,7-8,12H,6H2,1-2H3. The minimum absolute atomic E-state index is 0.179. The Morgan fingerprint density at radius 3 is 2.86 bits per heavy atom. The summed E-state index contributed by atoms with van der Waals surface area (Å²) in [4.78, 5) is 11.1. The fourth-order valence-electron chi connectivity index (χ4n) is 1.32. The number of benzene rings is 1. The molecule has 0 heterocycles. The minimum atomic E-state index is -0.228. The van der Waals surface area contributed by atoms with Crippen LogP contribution in [0.25, 0.3) is 0 Å². The third kappa shape index (κ3) is 2.76. The van der Waals surface area contributed by atoms with Crippen molar-refractivity contribution in [3.05, 3.63) is 29.8 Å². The van der Waals surface area contributed by atoms with E-state index in [1.54, 1.807) is 25.1 Å². The summed E-state index contributed by atoms with van der Waals surface area (Å²) >= 11 is 0. The highest BCUT2D eigenvalue weighted by atomic mass is 16.5. The average Bonchev–Trinajstić information content (AvgIpc) is 2.16. The van der Waals surface area contributed by atoms with E-state index in [1.165, 1.54) is 7.11 Å². The van der Waals surface area contributed by atoms with Crippen LogP contribution in [-0.4, -0.2) is 18.2 Å². The first-order valence-electron chi connectivity index (χ1n) is 4.49. The lowest BCUT2D eigenvalue weighted by atomic mass is 10.0. The summed E-state index contributed by atoms with van der Waals surface area (Å²) in [5.74, 6) is -0.185. The number of aromatic hydroxyl groups is 1. The van der Waals surface area contributed by atoms with E-state index in [1.807, 2.05) is 6.07 Å². The molecular formula is C11H14O3. The molecule has 1 atom stereocenters. The van der Waals surface area contributed by atoms with Crippen molar-refractivity contribution in [3.63, 3.8) is 0 Å². The molecule has 1 N–H and O–H groups in total. The molecule has 0 spiro atoms. The average molecular weight is 194 g/mol. The van der Waals surface area contributed by atoms with Crippen molar-refractivity contribution < 1.29 is 14.6 Å². The maximum atomic E-state index is 11.1. The van der Waals surface area contributed by atoms with E-state index in [-0.39, 0.29) is 17.6 Å². The molecule has 0 fully saturated rings. The predicted octanol–water partition coefficient (Wildman–Crippen LogP) is 1.74. The van der Waals surface area contributed by atoms with Gasteiger partial charge in [0.1, 0.15) is 5.75 Å². The molecule has 3 heteroatoms. The second-order valence-electron chi connectivity index (χ2n) is 3.30. The number of methoxy groups -OCH3 is 1. The fraction of sp³-hybridized carbons (Fsp3) is 0.364. The second-order valence-corrected chi connectivity index (χ2v) is 3.30. The third-order valence-electron chi connectivity index (χ3n) is 2.06. The summed E-state index contributed by atoms with van der Waals surface area (Å²) in [6.07, 6.45) is 0.584. The first kappa shape index (κ1) is 10.6. The van der Waals surface area contributed by atoms with Gasteiger partial charge in [-0.25, -0.2) is 0 Å². The number of rotatable bonds is 3. The van der Waals surface area contributed by atoms with Crippen LogP contribution in [0.15, 0.2) is 24.3 Å². The number of phenols is 1. The van der Waals surface area contributed by atoms with Crippen LogP contribution in [0.5, 0.6) is 5.75 Å². The van der Waals surface area contributed by atoms with Crippen molar-refractivity contribution in [1.82, 2.24) is 0 Å². The van der Waals surface area contributed by atoms with Crippen molar-refractivity contribution in [2.24, 2.45) is 5.92 Å². The highest BCUT2D eigenvalue weighted by Crippen LogP contribution is 2.15. The maximum Gasteiger partial charge on any atom is 0.308 e. The molecule has 0 radical (unpaired) electrons. The summed E-state index contributed by atoms with van der Waals surface area (Å²) in [6.45, 7) is 1.80. The highest BCUT2D eigenvalue weighted by Gasteiger charge is 2.13.